The number of rotatable bonds is 4. The van der Waals surface area contributed by atoms with Gasteiger partial charge in [-0.05, 0) is 24.3 Å². The summed E-state index contributed by atoms with van der Waals surface area (Å²) in [7, 11) is 0. The van der Waals surface area contributed by atoms with Crippen molar-refractivity contribution >= 4 is 17.2 Å². The Balaban J connectivity index is 2.52. The van der Waals surface area contributed by atoms with Gasteiger partial charge in [-0.25, -0.2) is 0 Å². The zero-order valence-corrected chi connectivity index (χ0v) is 10.2. The largest absolute Gasteiger partial charge is 0.347 e. The lowest BCUT2D eigenvalue weighted by molar-refractivity contribution is -0.123. The summed E-state index contributed by atoms with van der Waals surface area (Å²) in [5.74, 6) is 0.0893. The van der Waals surface area contributed by atoms with Crippen LogP contribution in [-0.4, -0.2) is 11.9 Å². The summed E-state index contributed by atoms with van der Waals surface area (Å²) >= 11 is 1.64. The van der Waals surface area contributed by atoms with E-state index in [1.807, 2.05) is 38.3 Å². The molecule has 1 rings (SSSR count). The van der Waals surface area contributed by atoms with Crippen LogP contribution >= 0.6 is 11.3 Å². The van der Waals surface area contributed by atoms with Crippen molar-refractivity contribution in [3.8, 4) is 0 Å². The molecule has 1 heterocycles. The fourth-order valence-corrected chi connectivity index (χ4v) is 1.96. The van der Waals surface area contributed by atoms with Crippen LogP contribution in [-0.2, 0) is 4.79 Å². The monoisotopic (exact) mass is 226 g/mol. The maximum Gasteiger partial charge on any atom is 0.237 e. The number of hydrogen-bond donors (Lipinski definition) is 2. The molecule has 1 aromatic heterocycles. The van der Waals surface area contributed by atoms with Crippen LogP contribution in [0.3, 0.4) is 0 Å². The smallest absolute Gasteiger partial charge is 0.237 e. The van der Waals surface area contributed by atoms with Crippen molar-refractivity contribution in [2.75, 3.05) is 0 Å². The minimum Gasteiger partial charge on any atom is -0.347 e. The third kappa shape index (κ3) is 3.32. The van der Waals surface area contributed by atoms with Crippen molar-refractivity contribution < 1.29 is 4.79 Å². The van der Waals surface area contributed by atoms with Gasteiger partial charge in [0.15, 0.2) is 0 Å². The molecule has 0 aliphatic heterocycles. The zero-order chi connectivity index (χ0) is 11.4. The highest BCUT2D eigenvalue weighted by atomic mass is 32.1. The summed E-state index contributed by atoms with van der Waals surface area (Å²) in [6, 6.07) is 3.61. The van der Waals surface area contributed by atoms with Crippen LogP contribution in [0.4, 0.5) is 0 Å². The lowest BCUT2D eigenvalue weighted by Gasteiger charge is -2.18. The van der Waals surface area contributed by atoms with Gasteiger partial charge >= 0.3 is 0 Å². The third-order valence-electron chi connectivity index (χ3n) is 2.35. The van der Waals surface area contributed by atoms with Gasteiger partial charge in [0.1, 0.15) is 0 Å². The number of amides is 1. The molecule has 4 heteroatoms. The van der Waals surface area contributed by atoms with Crippen molar-refractivity contribution in [3.63, 3.8) is 0 Å². The molecule has 0 aliphatic carbocycles. The Hall–Kier alpha value is -0.870. The highest BCUT2D eigenvalue weighted by Crippen LogP contribution is 2.18. The molecule has 0 saturated heterocycles. The molecule has 0 aliphatic rings. The first kappa shape index (κ1) is 12.2. The Morgan fingerprint density at radius 1 is 1.47 bits per heavy atom. The Kier molecular flexibility index (Phi) is 4.29. The maximum absolute atomic E-state index is 11.7. The SMILES string of the molecule is CC(NC(=O)C(N)C(C)C)c1cccs1. The molecule has 0 radical (unpaired) electrons. The Morgan fingerprint density at radius 2 is 2.13 bits per heavy atom. The van der Waals surface area contributed by atoms with Gasteiger partial charge in [-0.2, -0.15) is 0 Å². The van der Waals surface area contributed by atoms with E-state index in [0.717, 1.165) is 4.88 Å². The number of carbonyl (C=O) groups is 1. The average Bonchev–Trinajstić information content (AvgIpc) is 2.68. The van der Waals surface area contributed by atoms with E-state index >= 15 is 0 Å². The molecule has 0 aromatic carbocycles. The second-order valence-electron chi connectivity index (χ2n) is 4.02. The summed E-state index contributed by atoms with van der Waals surface area (Å²) in [5, 5.41) is 4.91. The molecule has 2 unspecified atom stereocenters. The van der Waals surface area contributed by atoms with Gasteiger partial charge in [-0.1, -0.05) is 19.9 Å². The standard InChI is InChI=1S/C11H18N2OS/c1-7(2)10(12)11(14)13-8(3)9-5-4-6-15-9/h4-8,10H,12H2,1-3H3,(H,13,14). The van der Waals surface area contributed by atoms with Crippen LogP contribution in [0.2, 0.25) is 0 Å². The predicted molar refractivity (Wildman–Crippen MR) is 63.7 cm³/mol. The van der Waals surface area contributed by atoms with Crippen LogP contribution in [0.15, 0.2) is 17.5 Å². The lowest BCUT2D eigenvalue weighted by Crippen LogP contribution is -2.44. The summed E-state index contributed by atoms with van der Waals surface area (Å²) in [5.41, 5.74) is 5.75. The van der Waals surface area contributed by atoms with E-state index in [2.05, 4.69) is 5.32 Å². The van der Waals surface area contributed by atoms with Gasteiger partial charge in [-0.15, -0.1) is 11.3 Å². The molecule has 0 spiro atoms. The highest BCUT2D eigenvalue weighted by molar-refractivity contribution is 7.10. The number of carbonyl (C=O) groups excluding carboxylic acids is 1. The molecule has 0 bridgehead atoms. The second-order valence-corrected chi connectivity index (χ2v) is 4.99. The van der Waals surface area contributed by atoms with Gasteiger partial charge < -0.3 is 11.1 Å². The van der Waals surface area contributed by atoms with Crippen molar-refractivity contribution in [2.24, 2.45) is 11.7 Å². The molecule has 1 amide bonds. The molecule has 3 nitrogen and oxygen atoms in total. The van der Waals surface area contributed by atoms with Crippen molar-refractivity contribution in [1.82, 2.24) is 5.32 Å². The van der Waals surface area contributed by atoms with Crippen LogP contribution in [0.5, 0.6) is 0 Å². The highest BCUT2D eigenvalue weighted by Gasteiger charge is 2.19. The molecule has 84 valence electrons. The zero-order valence-electron chi connectivity index (χ0n) is 9.36. The second kappa shape index (κ2) is 5.28. The van der Waals surface area contributed by atoms with E-state index in [-0.39, 0.29) is 17.9 Å². The van der Waals surface area contributed by atoms with Crippen LogP contribution < -0.4 is 11.1 Å². The fraction of sp³-hybridized carbons (Fsp3) is 0.545. The minimum atomic E-state index is -0.424. The molecule has 3 N–H and O–H groups in total. The van der Waals surface area contributed by atoms with Gasteiger partial charge in [0, 0.05) is 4.88 Å². The number of nitrogens with two attached hydrogens (primary N) is 1. The topological polar surface area (TPSA) is 55.1 Å². The van der Waals surface area contributed by atoms with Gasteiger partial charge in [0.2, 0.25) is 5.91 Å². The first-order valence-corrected chi connectivity index (χ1v) is 5.99. The van der Waals surface area contributed by atoms with E-state index in [1.165, 1.54) is 0 Å². The van der Waals surface area contributed by atoms with Gasteiger partial charge in [-0.3, -0.25) is 4.79 Å². The molecule has 0 fully saturated rings. The summed E-state index contributed by atoms with van der Waals surface area (Å²) in [6.45, 7) is 5.86. The Bertz CT molecular complexity index is 308. The molecule has 15 heavy (non-hydrogen) atoms. The molecular weight excluding hydrogens is 208 g/mol. The number of hydrogen-bond acceptors (Lipinski definition) is 3. The first-order chi connectivity index (χ1) is 7.02. The third-order valence-corrected chi connectivity index (χ3v) is 3.40. The summed E-state index contributed by atoms with van der Waals surface area (Å²) in [4.78, 5) is 12.8. The van der Waals surface area contributed by atoms with Crippen LogP contribution in [0.1, 0.15) is 31.7 Å². The quantitative estimate of drug-likeness (QED) is 0.824. The van der Waals surface area contributed by atoms with E-state index in [1.54, 1.807) is 11.3 Å². The van der Waals surface area contributed by atoms with Gasteiger partial charge in [0.25, 0.3) is 0 Å². The van der Waals surface area contributed by atoms with Gasteiger partial charge in [0.05, 0.1) is 12.1 Å². The summed E-state index contributed by atoms with van der Waals surface area (Å²) < 4.78 is 0. The maximum atomic E-state index is 11.7. The van der Waals surface area contributed by atoms with Crippen molar-refractivity contribution in [1.29, 1.82) is 0 Å². The number of thiophene rings is 1. The lowest BCUT2D eigenvalue weighted by atomic mass is 10.0. The average molecular weight is 226 g/mol. The normalized spacial score (nSPS) is 15.0. The van der Waals surface area contributed by atoms with Crippen LogP contribution in [0, 0.1) is 5.92 Å². The minimum absolute atomic E-state index is 0.0438. The van der Waals surface area contributed by atoms with E-state index in [4.69, 9.17) is 5.73 Å². The van der Waals surface area contributed by atoms with Crippen molar-refractivity contribution in [3.05, 3.63) is 22.4 Å². The van der Waals surface area contributed by atoms with E-state index in [9.17, 15) is 4.79 Å². The van der Waals surface area contributed by atoms with Crippen LogP contribution in [0.25, 0.3) is 0 Å². The van der Waals surface area contributed by atoms with E-state index in [0.29, 0.717) is 0 Å². The molecule has 2 atom stereocenters. The fourth-order valence-electron chi connectivity index (χ4n) is 1.22. The molecule has 0 saturated carbocycles. The van der Waals surface area contributed by atoms with E-state index < -0.39 is 6.04 Å². The molecular formula is C11H18N2OS. The number of nitrogens with one attached hydrogen (secondary N) is 1. The Labute approximate surface area is 94.7 Å². The molecule has 1 aromatic rings. The first-order valence-electron chi connectivity index (χ1n) is 5.11. The predicted octanol–water partition coefficient (Wildman–Crippen LogP) is 1.91. The summed E-state index contributed by atoms with van der Waals surface area (Å²) in [6.07, 6.45) is 0. The van der Waals surface area contributed by atoms with Crippen molar-refractivity contribution in [2.45, 2.75) is 32.9 Å². The Morgan fingerprint density at radius 3 is 2.60 bits per heavy atom.